The third kappa shape index (κ3) is 3.11. The molecule has 0 amide bonds. The number of rotatable bonds is 3. The molecule has 0 radical (unpaired) electrons. The van der Waals surface area contributed by atoms with Gasteiger partial charge in [-0.1, -0.05) is 13.8 Å². The molecule has 2 fully saturated rings. The molecule has 8 heteroatoms. The van der Waals surface area contributed by atoms with E-state index in [0.717, 1.165) is 13.0 Å². The topological polar surface area (TPSA) is 65.9 Å². The Hall–Kier alpha value is -1.02. The van der Waals surface area contributed by atoms with Gasteiger partial charge in [0.25, 0.3) is 0 Å². The second-order valence-electron chi connectivity index (χ2n) is 6.20. The van der Waals surface area contributed by atoms with E-state index in [4.69, 9.17) is 9.84 Å². The second kappa shape index (κ2) is 5.64. The quantitative estimate of drug-likeness (QED) is 0.535. The molecule has 1 aliphatic carbocycles. The van der Waals surface area contributed by atoms with Crippen molar-refractivity contribution in [3.63, 3.8) is 0 Å². The van der Waals surface area contributed by atoms with Crippen molar-refractivity contribution in [2.75, 3.05) is 20.2 Å². The van der Waals surface area contributed by atoms with Crippen LogP contribution in [0.1, 0.15) is 20.3 Å². The molecule has 0 aromatic carbocycles. The normalized spacial score (nSPS) is 33.1. The maximum absolute atomic E-state index is 12.3. The Morgan fingerprint density at radius 2 is 2.14 bits per heavy atom. The number of hydrogen-bond donors (Lipinski definition) is 3. The molecule has 0 aromatic rings. The van der Waals surface area contributed by atoms with Crippen molar-refractivity contribution in [3.8, 4) is 0 Å². The molecule has 21 heavy (non-hydrogen) atoms. The first-order valence-corrected chi connectivity index (χ1v) is 7.01. The van der Waals surface area contributed by atoms with E-state index in [1.807, 2.05) is 0 Å². The van der Waals surface area contributed by atoms with Crippen molar-refractivity contribution in [2.24, 2.45) is 16.3 Å². The van der Waals surface area contributed by atoms with Gasteiger partial charge in [-0.3, -0.25) is 4.99 Å². The summed E-state index contributed by atoms with van der Waals surface area (Å²) < 4.78 is 42.5. The molecule has 1 saturated carbocycles. The molecule has 5 nitrogen and oxygen atoms in total. The predicted molar refractivity (Wildman–Crippen MR) is 72.0 cm³/mol. The average molecular weight is 309 g/mol. The molecule has 4 atom stereocenters. The fourth-order valence-corrected chi connectivity index (χ4v) is 3.27. The van der Waals surface area contributed by atoms with Gasteiger partial charge in [0.15, 0.2) is 12.1 Å². The maximum atomic E-state index is 12.3. The average Bonchev–Trinajstić information content (AvgIpc) is 2.84. The fourth-order valence-electron chi connectivity index (χ4n) is 3.27. The number of guanidine groups is 1. The molecular formula is C13H22F3N3O2. The summed E-state index contributed by atoms with van der Waals surface area (Å²) in [5.41, 5.74) is -0.0958. The zero-order valence-electron chi connectivity index (χ0n) is 12.4. The SMILES string of the molecule is CN=C(NCC(O)C(F)(F)F)NC1C2CCOC2C1(C)C. The summed E-state index contributed by atoms with van der Waals surface area (Å²) in [6, 6.07) is 0.0965. The molecule has 2 aliphatic rings. The van der Waals surface area contributed by atoms with Gasteiger partial charge >= 0.3 is 6.18 Å². The lowest BCUT2D eigenvalue weighted by Gasteiger charge is -2.54. The molecule has 1 aliphatic heterocycles. The zero-order chi connectivity index (χ0) is 15.8. The van der Waals surface area contributed by atoms with Crippen LogP contribution in [0.5, 0.6) is 0 Å². The highest BCUT2D eigenvalue weighted by molar-refractivity contribution is 5.80. The maximum Gasteiger partial charge on any atom is 0.416 e. The summed E-state index contributed by atoms with van der Waals surface area (Å²) in [6.45, 7) is 4.22. The van der Waals surface area contributed by atoms with Crippen LogP contribution in [-0.2, 0) is 4.74 Å². The Morgan fingerprint density at radius 1 is 1.48 bits per heavy atom. The van der Waals surface area contributed by atoms with Crippen LogP contribution in [0, 0.1) is 11.3 Å². The van der Waals surface area contributed by atoms with Gasteiger partial charge in [0.05, 0.1) is 12.6 Å². The van der Waals surface area contributed by atoms with Crippen molar-refractivity contribution >= 4 is 5.96 Å². The first-order valence-electron chi connectivity index (χ1n) is 7.01. The van der Waals surface area contributed by atoms with Crippen LogP contribution in [-0.4, -0.2) is 55.7 Å². The lowest BCUT2D eigenvalue weighted by Crippen LogP contribution is -2.68. The van der Waals surface area contributed by atoms with Crippen LogP contribution in [0.25, 0.3) is 0 Å². The van der Waals surface area contributed by atoms with E-state index < -0.39 is 18.8 Å². The van der Waals surface area contributed by atoms with Gasteiger partial charge in [-0.2, -0.15) is 13.2 Å². The van der Waals surface area contributed by atoms with Gasteiger partial charge in [0, 0.05) is 31.0 Å². The molecule has 0 aromatic heterocycles. The summed E-state index contributed by atoms with van der Waals surface area (Å²) in [4.78, 5) is 3.92. The van der Waals surface area contributed by atoms with Gasteiger partial charge in [-0.15, -0.1) is 0 Å². The molecule has 122 valence electrons. The number of hydrogen-bond acceptors (Lipinski definition) is 3. The minimum Gasteiger partial charge on any atom is -0.382 e. The molecular weight excluding hydrogens is 287 g/mol. The standard InChI is InChI=1S/C13H22F3N3O2/c1-12(2)9(7-4-5-21-10(7)12)19-11(17-3)18-6-8(20)13(14,15)16/h7-10,20H,4-6H2,1-3H3,(H2,17,18,19). The lowest BCUT2D eigenvalue weighted by atomic mass is 9.57. The van der Waals surface area contributed by atoms with Crippen LogP contribution in [0.15, 0.2) is 4.99 Å². The number of ether oxygens (including phenoxy) is 1. The van der Waals surface area contributed by atoms with Crippen LogP contribution in [0.4, 0.5) is 13.2 Å². The van der Waals surface area contributed by atoms with Gasteiger partial charge in [-0.05, 0) is 6.42 Å². The first-order chi connectivity index (χ1) is 9.67. The molecule has 0 spiro atoms. The van der Waals surface area contributed by atoms with E-state index in [-0.39, 0.29) is 23.5 Å². The minimum atomic E-state index is -4.63. The Balaban J connectivity index is 1.89. The third-order valence-corrected chi connectivity index (χ3v) is 4.46. The van der Waals surface area contributed by atoms with E-state index in [9.17, 15) is 13.2 Å². The number of nitrogens with zero attached hydrogens (tertiary/aromatic N) is 1. The van der Waals surface area contributed by atoms with E-state index in [1.54, 1.807) is 0 Å². The Morgan fingerprint density at radius 3 is 2.71 bits per heavy atom. The first kappa shape index (κ1) is 16.4. The van der Waals surface area contributed by atoms with E-state index in [2.05, 4.69) is 29.5 Å². The van der Waals surface area contributed by atoms with Crippen LogP contribution < -0.4 is 10.6 Å². The Kier molecular flexibility index (Phi) is 4.39. The fraction of sp³-hybridized carbons (Fsp3) is 0.923. The Bertz CT molecular complexity index is 412. The lowest BCUT2D eigenvalue weighted by molar-refractivity contribution is -0.201. The summed E-state index contributed by atoms with van der Waals surface area (Å²) in [6.07, 6.45) is -5.92. The summed E-state index contributed by atoms with van der Waals surface area (Å²) in [7, 11) is 1.49. The number of fused-ring (bicyclic) bond motifs is 1. The van der Waals surface area contributed by atoms with E-state index in [0.29, 0.717) is 5.92 Å². The number of aliphatic imine (C=N–C) groups is 1. The van der Waals surface area contributed by atoms with Gasteiger partial charge < -0.3 is 20.5 Å². The van der Waals surface area contributed by atoms with Crippen LogP contribution in [0.3, 0.4) is 0 Å². The van der Waals surface area contributed by atoms with Crippen LogP contribution >= 0.6 is 0 Å². The number of halogens is 3. The van der Waals surface area contributed by atoms with E-state index in [1.165, 1.54) is 7.05 Å². The predicted octanol–water partition coefficient (Wildman–Crippen LogP) is 0.888. The van der Waals surface area contributed by atoms with Crippen molar-refractivity contribution in [3.05, 3.63) is 0 Å². The van der Waals surface area contributed by atoms with Gasteiger partial charge in [0.2, 0.25) is 0 Å². The number of aliphatic hydroxyl groups excluding tert-OH is 1. The molecule has 1 heterocycles. The highest BCUT2D eigenvalue weighted by Gasteiger charge is 2.59. The van der Waals surface area contributed by atoms with Crippen molar-refractivity contribution in [2.45, 2.75) is 44.7 Å². The monoisotopic (exact) mass is 309 g/mol. The van der Waals surface area contributed by atoms with Crippen molar-refractivity contribution < 1.29 is 23.0 Å². The minimum absolute atomic E-state index is 0.0958. The highest BCUT2D eigenvalue weighted by atomic mass is 19.4. The van der Waals surface area contributed by atoms with Gasteiger partial charge in [0.1, 0.15) is 0 Å². The van der Waals surface area contributed by atoms with Crippen molar-refractivity contribution in [1.29, 1.82) is 0 Å². The van der Waals surface area contributed by atoms with E-state index >= 15 is 0 Å². The molecule has 2 rings (SSSR count). The molecule has 4 unspecified atom stereocenters. The molecule has 1 saturated heterocycles. The van der Waals surface area contributed by atoms with Crippen LogP contribution in [0.2, 0.25) is 0 Å². The third-order valence-electron chi connectivity index (χ3n) is 4.46. The smallest absolute Gasteiger partial charge is 0.382 e. The second-order valence-corrected chi connectivity index (χ2v) is 6.20. The van der Waals surface area contributed by atoms with Crippen molar-refractivity contribution in [1.82, 2.24) is 10.6 Å². The number of nitrogens with one attached hydrogen (secondary N) is 2. The highest BCUT2D eigenvalue weighted by Crippen LogP contribution is 2.52. The van der Waals surface area contributed by atoms with Gasteiger partial charge in [-0.25, -0.2) is 0 Å². The zero-order valence-corrected chi connectivity index (χ0v) is 12.4. The number of alkyl halides is 3. The summed E-state index contributed by atoms with van der Waals surface area (Å²) in [5, 5.41) is 14.7. The number of aliphatic hydroxyl groups is 1. The largest absolute Gasteiger partial charge is 0.416 e. The Labute approximate surface area is 122 Å². The summed E-state index contributed by atoms with van der Waals surface area (Å²) >= 11 is 0. The summed E-state index contributed by atoms with van der Waals surface area (Å²) in [5.74, 6) is 0.618. The molecule has 3 N–H and O–H groups in total. The molecule has 0 bridgehead atoms.